The highest BCUT2D eigenvalue weighted by Crippen LogP contribution is 2.55. The lowest BCUT2D eigenvalue weighted by Crippen LogP contribution is -2.52. The second-order valence-corrected chi connectivity index (χ2v) is 11.4. The Balaban J connectivity index is 1.24. The van der Waals surface area contributed by atoms with Crippen LogP contribution in [0.4, 0.5) is 11.4 Å². The zero-order chi connectivity index (χ0) is 24.7. The normalized spacial score (nSPS) is 22.6. The van der Waals surface area contributed by atoms with Crippen molar-refractivity contribution in [3.05, 3.63) is 95.0 Å². The summed E-state index contributed by atoms with van der Waals surface area (Å²) in [5, 5.41) is 0.543. The molecular formula is C29H28ClN3O2S. The van der Waals surface area contributed by atoms with Crippen LogP contribution in [0.3, 0.4) is 0 Å². The number of hydrogen-bond donors (Lipinski definition) is 0. The number of anilines is 2. The third-order valence-electron chi connectivity index (χ3n) is 7.55. The van der Waals surface area contributed by atoms with Crippen LogP contribution in [0.15, 0.2) is 78.9 Å². The van der Waals surface area contributed by atoms with Crippen LogP contribution in [0.1, 0.15) is 24.0 Å². The van der Waals surface area contributed by atoms with Crippen molar-refractivity contribution in [3.63, 3.8) is 0 Å². The first kappa shape index (κ1) is 23.6. The van der Waals surface area contributed by atoms with Gasteiger partial charge in [-0.25, -0.2) is 0 Å². The van der Waals surface area contributed by atoms with Crippen LogP contribution < -0.4 is 9.80 Å². The Morgan fingerprint density at radius 1 is 0.917 bits per heavy atom. The first-order valence-electron chi connectivity index (χ1n) is 12.5. The van der Waals surface area contributed by atoms with Crippen molar-refractivity contribution in [2.24, 2.45) is 5.92 Å². The molecule has 3 aliphatic heterocycles. The summed E-state index contributed by atoms with van der Waals surface area (Å²) in [6.07, 6.45) is 3.34. The number of amides is 2. The Morgan fingerprint density at radius 2 is 1.67 bits per heavy atom. The average Bonchev–Trinajstić information content (AvgIpc) is 3.36. The molecule has 36 heavy (non-hydrogen) atoms. The molecule has 6 rings (SSSR count). The van der Waals surface area contributed by atoms with E-state index in [-0.39, 0.29) is 17.6 Å². The SMILES string of the molecule is O=C1CS[C@]2(C(=O)N(CN3CCC(Cc4ccccc4)CC3)c3ccccc32)N1c1cccc(Cl)c1. The zero-order valence-corrected chi connectivity index (χ0v) is 21.5. The van der Waals surface area contributed by atoms with Crippen LogP contribution in [-0.2, 0) is 20.9 Å². The van der Waals surface area contributed by atoms with Gasteiger partial charge in [0.15, 0.2) is 0 Å². The molecule has 1 spiro atoms. The number of benzene rings is 3. The molecule has 2 fully saturated rings. The molecule has 0 N–H and O–H groups in total. The largest absolute Gasteiger partial charge is 0.295 e. The van der Waals surface area contributed by atoms with Gasteiger partial charge in [-0.15, -0.1) is 11.8 Å². The quantitative estimate of drug-likeness (QED) is 0.446. The topological polar surface area (TPSA) is 43.9 Å². The molecular weight excluding hydrogens is 490 g/mol. The number of thioether (sulfide) groups is 1. The number of nitrogens with zero attached hydrogens (tertiary/aromatic N) is 3. The second kappa shape index (κ2) is 9.58. The summed E-state index contributed by atoms with van der Waals surface area (Å²) in [4.78, 5) is 32.2. The highest BCUT2D eigenvalue weighted by Gasteiger charge is 2.61. The number of hydrogen-bond acceptors (Lipinski definition) is 4. The van der Waals surface area contributed by atoms with E-state index < -0.39 is 4.87 Å². The van der Waals surface area contributed by atoms with Crippen LogP contribution in [0, 0.1) is 5.92 Å². The minimum Gasteiger partial charge on any atom is -0.295 e. The molecule has 3 aliphatic rings. The Hall–Kier alpha value is -2.80. The first-order chi connectivity index (χ1) is 17.6. The molecule has 0 unspecified atom stereocenters. The van der Waals surface area contributed by atoms with Crippen molar-refractivity contribution >= 4 is 46.6 Å². The van der Waals surface area contributed by atoms with Gasteiger partial charge in [-0.05, 0) is 55.0 Å². The lowest BCUT2D eigenvalue weighted by atomic mass is 9.90. The molecule has 3 heterocycles. The van der Waals surface area contributed by atoms with Gasteiger partial charge in [-0.1, -0.05) is 66.2 Å². The maximum atomic E-state index is 14.2. The van der Waals surface area contributed by atoms with Gasteiger partial charge < -0.3 is 0 Å². The van der Waals surface area contributed by atoms with E-state index in [2.05, 4.69) is 35.2 Å². The fourth-order valence-corrected chi connectivity index (χ4v) is 7.33. The highest BCUT2D eigenvalue weighted by molar-refractivity contribution is 8.02. The number of piperidine rings is 1. The standard InChI is InChI=1S/C29H28ClN3O2S/c30-23-9-6-10-24(18-23)33-27(34)19-36-29(33)25-11-4-5-12-26(25)32(28(29)35)20-31-15-13-22(14-16-31)17-21-7-2-1-3-8-21/h1-12,18,22H,13-17,19-20H2/t29-/m1/s1. The van der Waals surface area contributed by atoms with Crippen LogP contribution in [0.25, 0.3) is 0 Å². The summed E-state index contributed by atoms with van der Waals surface area (Å²) in [5.74, 6) is 0.795. The maximum Gasteiger partial charge on any atom is 0.269 e. The van der Waals surface area contributed by atoms with E-state index in [1.165, 1.54) is 17.3 Å². The highest BCUT2D eigenvalue weighted by atomic mass is 35.5. The van der Waals surface area contributed by atoms with Gasteiger partial charge >= 0.3 is 0 Å². The number of halogens is 1. The fraction of sp³-hybridized carbons (Fsp3) is 0.310. The zero-order valence-electron chi connectivity index (χ0n) is 20.0. The molecule has 2 amide bonds. The monoisotopic (exact) mass is 517 g/mol. The molecule has 7 heteroatoms. The first-order valence-corrected chi connectivity index (χ1v) is 13.8. The van der Waals surface area contributed by atoms with E-state index in [9.17, 15) is 9.59 Å². The van der Waals surface area contributed by atoms with E-state index in [0.717, 1.165) is 43.6 Å². The van der Waals surface area contributed by atoms with Gasteiger partial charge in [-0.3, -0.25) is 24.3 Å². The molecule has 3 aromatic rings. The summed E-state index contributed by atoms with van der Waals surface area (Å²) < 4.78 is 0. The van der Waals surface area contributed by atoms with Crippen LogP contribution >= 0.6 is 23.4 Å². The summed E-state index contributed by atoms with van der Waals surface area (Å²) in [5.41, 5.74) is 3.82. The number of likely N-dealkylation sites (tertiary alicyclic amines) is 1. The number of carbonyl (C=O) groups excluding carboxylic acids is 2. The van der Waals surface area contributed by atoms with Crippen molar-refractivity contribution in [3.8, 4) is 0 Å². The third-order valence-corrected chi connectivity index (χ3v) is 9.17. The van der Waals surface area contributed by atoms with E-state index in [4.69, 9.17) is 11.6 Å². The minimum atomic E-state index is -1.09. The number of fused-ring (bicyclic) bond motifs is 2. The number of para-hydroxylation sites is 1. The number of carbonyl (C=O) groups is 2. The van der Waals surface area contributed by atoms with Gasteiger partial charge in [0.25, 0.3) is 5.91 Å². The van der Waals surface area contributed by atoms with E-state index in [1.807, 2.05) is 41.3 Å². The molecule has 2 saturated heterocycles. The van der Waals surface area contributed by atoms with E-state index >= 15 is 0 Å². The Kier molecular flexibility index (Phi) is 6.28. The average molecular weight is 518 g/mol. The molecule has 0 saturated carbocycles. The van der Waals surface area contributed by atoms with Gasteiger partial charge in [0, 0.05) is 29.4 Å². The van der Waals surface area contributed by atoms with E-state index in [0.29, 0.717) is 23.3 Å². The fourth-order valence-electron chi connectivity index (χ4n) is 5.79. The molecule has 1 atom stereocenters. The predicted molar refractivity (Wildman–Crippen MR) is 146 cm³/mol. The lowest BCUT2D eigenvalue weighted by Gasteiger charge is -2.36. The van der Waals surface area contributed by atoms with E-state index in [1.54, 1.807) is 17.0 Å². The Bertz CT molecular complexity index is 1290. The van der Waals surface area contributed by atoms with Gasteiger partial charge in [0.2, 0.25) is 10.8 Å². The summed E-state index contributed by atoms with van der Waals surface area (Å²) in [6.45, 7) is 2.45. The molecule has 3 aromatic carbocycles. The van der Waals surface area contributed by atoms with Crippen molar-refractivity contribution < 1.29 is 9.59 Å². The molecule has 5 nitrogen and oxygen atoms in total. The van der Waals surface area contributed by atoms with Crippen LogP contribution in [0.2, 0.25) is 5.02 Å². The van der Waals surface area contributed by atoms with Crippen molar-refractivity contribution in [1.82, 2.24) is 4.90 Å². The van der Waals surface area contributed by atoms with Crippen LogP contribution in [0.5, 0.6) is 0 Å². The van der Waals surface area contributed by atoms with Crippen molar-refractivity contribution in [2.45, 2.75) is 24.1 Å². The van der Waals surface area contributed by atoms with Gasteiger partial charge in [0.1, 0.15) is 0 Å². The summed E-state index contributed by atoms with van der Waals surface area (Å²) in [6, 6.07) is 25.8. The molecule has 184 valence electrons. The predicted octanol–water partition coefficient (Wildman–Crippen LogP) is 5.53. The van der Waals surface area contributed by atoms with Crippen LogP contribution in [-0.4, -0.2) is 42.2 Å². The second-order valence-electron chi connectivity index (χ2n) is 9.78. The van der Waals surface area contributed by atoms with Crippen molar-refractivity contribution in [2.75, 3.05) is 35.3 Å². The molecule has 0 aliphatic carbocycles. The third kappa shape index (κ3) is 4.01. The lowest BCUT2D eigenvalue weighted by molar-refractivity contribution is -0.124. The van der Waals surface area contributed by atoms with Crippen molar-refractivity contribution in [1.29, 1.82) is 0 Å². The van der Waals surface area contributed by atoms with Gasteiger partial charge in [-0.2, -0.15) is 0 Å². The summed E-state index contributed by atoms with van der Waals surface area (Å²) in [7, 11) is 0. The Morgan fingerprint density at radius 3 is 2.44 bits per heavy atom. The van der Waals surface area contributed by atoms with Gasteiger partial charge in [0.05, 0.1) is 18.1 Å². The Labute approximate surface area is 221 Å². The maximum absolute atomic E-state index is 14.2. The molecule has 0 radical (unpaired) electrons. The molecule has 0 bridgehead atoms. The summed E-state index contributed by atoms with van der Waals surface area (Å²) >= 11 is 7.69. The number of rotatable bonds is 5. The minimum absolute atomic E-state index is 0.0501. The molecule has 0 aromatic heterocycles. The smallest absolute Gasteiger partial charge is 0.269 e.